The number of hydrazone groups is 1. The fourth-order valence-corrected chi connectivity index (χ4v) is 3.28. The zero-order chi connectivity index (χ0) is 23.3. The van der Waals surface area contributed by atoms with Crippen LogP contribution in [-0.4, -0.2) is 54.6 Å². The zero-order valence-electron chi connectivity index (χ0n) is 17.7. The van der Waals surface area contributed by atoms with Gasteiger partial charge in [-0.15, -0.1) is 0 Å². The van der Waals surface area contributed by atoms with E-state index in [4.69, 9.17) is 10.5 Å². The third-order valence-corrected chi connectivity index (χ3v) is 4.93. The van der Waals surface area contributed by atoms with E-state index in [-0.39, 0.29) is 25.2 Å². The van der Waals surface area contributed by atoms with Gasteiger partial charge in [-0.2, -0.15) is 5.10 Å². The second-order valence-corrected chi connectivity index (χ2v) is 7.09. The minimum atomic E-state index is -0.885. The van der Waals surface area contributed by atoms with Crippen molar-refractivity contribution < 1.29 is 23.5 Å². The molecular weight excluding hydrogens is 417 g/mol. The van der Waals surface area contributed by atoms with Gasteiger partial charge in [-0.3, -0.25) is 19.4 Å². The van der Waals surface area contributed by atoms with Crippen molar-refractivity contribution in [3.05, 3.63) is 54.3 Å². The maximum atomic E-state index is 13.3. The monoisotopic (exact) mass is 441 g/mol. The Balaban J connectivity index is 1.73. The van der Waals surface area contributed by atoms with Crippen LogP contribution in [0.15, 0.2) is 53.6 Å². The maximum Gasteiger partial charge on any atom is 0.270 e. The highest BCUT2D eigenvalue weighted by atomic mass is 19.1. The van der Waals surface area contributed by atoms with E-state index >= 15 is 0 Å². The van der Waals surface area contributed by atoms with E-state index in [1.807, 2.05) is 0 Å². The van der Waals surface area contributed by atoms with Crippen LogP contribution < -0.4 is 20.8 Å². The highest BCUT2D eigenvalue weighted by Crippen LogP contribution is 2.25. The third kappa shape index (κ3) is 5.20. The Morgan fingerprint density at radius 3 is 2.59 bits per heavy atom. The van der Waals surface area contributed by atoms with Crippen LogP contribution in [0.1, 0.15) is 13.3 Å². The van der Waals surface area contributed by atoms with Gasteiger partial charge in [-0.1, -0.05) is 6.07 Å². The number of benzene rings is 2. The van der Waals surface area contributed by atoms with Gasteiger partial charge < -0.3 is 20.7 Å². The molecule has 0 radical (unpaired) electrons. The fraction of sp³-hybridized carbons (Fsp3) is 0.273. The molecule has 2 aromatic carbocycles. The first kappa shape index (κ1) is 22.7. The Bertz CT molecular complexity index is 1040. The number of nitrogens with two attached hydrogens (primary N) is 1. The first-order chi connectivity index (χ1) is 15.3. The van der Waals surface area contributed by atoms with Crippen molar-refractivity contribution in [1.29, 1.82) is 0 Å². The lowest BCUT2D eigenvalue weighted by Gasteiger charge is -2.20. The minimum absolute atomic E-state index is 0.0143. The highest BCUT2D eigenvalue weighted by Gasteiger charge is 2.36. The van der Waals surface area contributed by atoms with Gasteiger partial charge in [0.1, 0.15) is 29.9 Å². The average Bonchev–Trinajstić information content (AvgIpc) is 3.23. The van der Waals surface area contributed by atoms with Gasteiger partial charge in [-0.05, 0) is 43.3 Å². The van der Waals surface area contributed by atoms with Crippen molar-refractivity contribution in [1.82, 2.24) is 4.90 Å². The normalized spacial score (nSPS) is 15.2. The Labute approximate surface area is 184 Å². The zero-order valence-corrected chi connectivity index (χ0v) is 17.7. The van der Waals surface area contributed by atoms with E-state index in [2.05, 4.69) is 10.4 Å². The summed E-state index contributed by atoms with van der Waals surface area (Å²) in [7, 11) is 1.52. The lowest BCUT2D eigenvalue weighted by atomic mass is 10.1. The molecule has 0 spiro atoms. The molecule has 9 nitrogen and oxygen atoms in total. The van der Waals surface area contributed by atoms with Gasteiger partial charge in [0.2, 0.25) is 11.8 Å². The van der Waals surface area contributed by atoms with E-state index < -0.39 is 29.6 Å². The molecule has 168 valence electrons. The summed E-state index contributed by atoms with van der Waals surface area (Å²) in [4.78, 5) is 38.8. The third-order valence-electron chi connectivity index (χ3n) is 4.93. The Morgan fingerprint density at radius 2 is 1.97 bits per heavy atom. The molecule has 1 unspecified atom stereocenters. The predicted octanol–water partition coefficient (Wildman–Crippen LogP) is 1.74. The van der Waals surface area contributed by atoms with Crippen LogP contribution in [0.25, 0.3) is 0 Å². The summed E-state index contributed by atoms with van der Waals surface area (Å²) in [6.45, 7) is 1.78. The molecule has 0 bridgehead atoms. The molecule has 3 amide bonds. The Hall–Kier alpha value is -3.95. The molecule has 0 aliphatic carbocycles. The molecule has 1 aliphatic heterocycles. The standard InChI is InChI=1S/C22H24FN5O4/c1-3-27(13-20(29)25-15-5-4-6-17(11-15)32-2)22(31)18-12-19(21(24)30)28(26-18)16-9-7-14(23)8-10-16/h4-11,19H,3,12-13H2,1-2H3,(H2,24,30)(H,25,29). The molecule has 1 aliphatic rings. The second-order valence-electron chi connectivity index (χ2n) is 7.09. The number of hydrogen-bond acceptors (Lipinski definition) is 6. The summed E-state index contributed by atoms with van der Waals surface area (Å²) >= 11 is 0. The largest absolute Gasteiger partial charge is 0.497 e. The molecule has 0 saturated carbocycles. The Kier molecular flexibility index (Phi) is 7.04. The molecule has 0 aromatic heterocycles. The number of ether oxygens (including phenoxy) is 1. The number of nitrogens with one attached hydrogen (secondary N) is 1. The van der Waals surface area contributed by atoms with Gasteiger partial charge in [0.05, 0.1) is 12.8 Å². The summed E-state index contributed by atoms with van der Waals surface area (Å²) in [5.74, 6) is -1.40. The number of halogens is 1. The number of hydrogen-bond donors (Lipinski definition) is 2. The van der Waals surface area contributed by atoms with Gasteiger partial charge in [0.25, 0.3) is 5.91 Å². The first-order valence-corrected chi connectivity index (χ1v) is 9.97. The molecule has 10 heteroatoms. The van der Waals surface area contributed by atoms with Crippen molar-refractivity contribution in [2.75, 3.05) is 30.5 Å². The quantitative estimate of drug-likeness (QED) is 0.647. The van der Waals surface area contributed by atoms with E-state index in [0.717, 1.165) is 0 Å². The van der Waals surface area contributed by atoms with Crippen molar-refractivity contribution in [2.24, 2.45) is 10.8 Å². The predicted molar refractivity (Wildman–Crippen MR) is 118 cm³/mol. The summed E-state index contributed by atoms with van der Waals surface area (Å²) in [5, 5.41) is 8.29. The molecular formula is C22H24FN5O4. The van der Waals surface area contributed by atoms with Gasteiger partial charge in [0.15, 0.2) is 0 Å². The van der Waals surface area contributed by atoms with E-state index in [9.17, 15) is 18.8 Å². The molecule has 3 N–H and O–H groups in total. The molecule has 1 heterocycles. The number of anilines is 2. The van der Waals surface area contributed by atoms with Crippen LogP contribution in [0, 0.1) is 5.82 Å². The van der Waals surface area contributed by atoms with Crippen LogP contribution in [0.2, 0.25) is 0 Å². The lowest BCUT2D eigenvalue weighted by Crippen LogP contribution is -2.42. The number of nitrogens with zero attached hydrogens (tertiary/aromatic N) is 3. The fourth-order valence-electron chi connectivity index (χ4n) is 3.28. The number of rotatable bonds is 8. The van der Waals surface area contributed by atoms with Crippen LogP contribution in [0.5, 0.6) is 5.75 Å². The van der Waals surface area contributed by atoms with Gasteiger partial charge in [-0.25, -0.2) is 4.39 Å². The van der Waals surface area contributed by atoms with Crippen molar-refractivity contribution in [3.8, 4) is 5.75 Å². The highest BCUT2D eigenvalue weighted by molar-refractivity contribution is 6.40. The number of primary amides is 1. The van der Waals surface area contributed by atoms with Crippen LogP contribution in [0.4, 0.5) is 15.8 Å². The number of methoxy groups -OCH3 is 1. The topological polar surface area (TPSA) is 117 Å². The van der Waals surface area contributed by atoms with Crippen LogP contribution in [0.3, 0.4) is 0 Å². The number of likely N-dealkylation sites (N-methyl/N-ethyl adjacent to an activating group) is 1. The van der Waals surface area contributed by atoms with E-state index in [1.54, 1.807) is 31.2 Å². The summed E-state index contributed by atoms with van der Waals surface area (Å²) in [6.07, 6.45) is -0.0143. The summed E-state index contributed by atoms with van der Waals surface area (Å²) in [5.41, 5.74) is 6.54. The maximum absolute atomic E-state index is 13.3. The average molecular weight is 441 g/mol. The second kappa shape index (κ2) is 9.90. The number of carbonyl (C=O) groups excluding carboxylic acids is 3. The molecule has 32 heavy (non-hydrogen) atoms. The Morgan fingerprint density at radius 1 is 1.25 bits per heavy atom. The van der Waals surface area contributed by atoms with Crippen molar-refractivity contribution in [3.63, 3.8) is 0 Å². The summed E-state index contributed by atoms with van der Waals surface area (Å²) < 4.78 is 18.4. The van der Waals surface area contributed by atoms with Crippen LogP contribution in [-0.2, 0) is 14.4 Å². The molecule has 0 saturated heterocycles. The van der Waals surface area contributed by atoms with Crippen LogP contribution >= 0.6 is 0 Å². The van der Waals surface area contributed by atoms with Crippen molar-refractivity contribution in [2.45, 2.75) is 19.4 Å². The van der Waals surface area contributed by atoms with E-state index in [1.165, 1.54) is 41.3 Å². The van der Waals surface area contributed by atoms with Gasteiger partial charge >= 0.3 is 0 Å². The molecule has 1 atom stereocenters. The van der Waals surface area contributed by atoms with Crippen molar-refractivity contribution >= 4 is 34.8 Å². The SMILES string of the molecule is CCN(CC(=O)Nc1cccc(OC)c1)C(=O)C1=NN(c2ccc(F)cc2)C(C(N)=O)C1. The van der Waals surface area contributed by atoms with E-state index in [0.29, 0.717) is 17.1 Å². The van der Waals surface area contributed by atoms with Gasteiger partial charge in [0, 0.05) is 24.7 Å². The molecule has 3 rings (SSSR count). The smallest absolute Gasteiger partial charge is 0.270 e. The molecule has 0 fully saturated rings. The number of amides is 3. The lowest BCUT2D eigenvalue weighted by molar-refractivity contribution is -0.129. The number of carbonyl (C=O) groups is 3. The first-order valence-electron chi connectivity index (χ1n) is 9.97. The summed E-state index contributed by atoms with van der Waals surface area (Å²) in [6, 6.07) is 11.3. The minimum Gasteiger partial charge on any atom is -0.497 e. The molecule has 2 aromatic rings.